The average Bonchev–Trinajstić information content (AvgIpc) is 2.74. The molecule has 2 fully saturated rings. The molecular formula is C15H23NO5. The number of esters is 1. The standard InChI is InChI=1S/C15H23NO5/c1-3-20-14(18)12-9-10-11(7-5-6-8-13(10)17)16(12)15(19)21-4-2/h10-12H,3-9H2,1-2H3/t10-,11-,12-/m0/s1. The fourth-order valence-corrected chi connectivity index (χ4v) is 3.37. The first-order valence-corrected chi connectivity index (χ1v) is 7.74. The second kappa shape index (κ2) is 6.91. The van der Waals surface area contributed by atoms with Crippen molar-refractivity contribution in [2.45, 2.75) is 58.0 Å². The summed E-state index contributed by atoms with van der Waals surface area (Å²) in [5, 5.41) is 0. The second-order valence-corrected chi connectivity index (χ2v) is 5.50. The molecule has 21 heavy (non-hydrogen) atoms. The number of fused-ring (bicyclic) bond motifs is 1. The molecule has 0 aromatic rings. The molecule has 1 heterocycles. The van der Waals surface area contributed by atoms with E-state index in [0.29, 0.717) is 12.8 Å². The SMILES string of the molecule is CCOC(=O)[C@@H]1C[C@@H]2C(=O)CCCC[C@@H]2N1C(=O)OCC. The molecule has 0 spiro atoms. The van der Waals surface area contributed by atoms with Crippen LogP contribution < -0.4 is 0 Å². The summed E-state index contributed by atoms with van der Waals surface area (Å²) < 4.78 is 10.1. The van der Waals surface area contributed by atoms with Crippen molar-refractivity contribution < 1.29 is 23.9 Å². The van der Waals surface area contributed by atoms with Crippen LogP contribution in [0.5, 0.6) is 0 Å². The minimum absolute atomic E-state index is 0.151. The van der Waals surface area contributed by atoms with E-state index in [1.807, 2.05) is 0 Å². The van der Waals surface area contributed by atoms with Gasteiger partial charge in [-0.3, -0.25) is 9.69 Å². The summed E-state index contributed by atoms with van der Waals surface area (Å²) >= 11 is 0. The molecule has 118 valence electrons. The van der Waals surface area contributed by atoms with Crippen LogP contribution in [0, 0.1) is 5.92 Å². The van der Waals surface area contributed by atoms with Gasteiger partial charge in [0.05, 0.1) is 13.2 Å². The summed E-state index contributed by atoms with van der Waals surface area (Å²) in [6, 6.07) is -0.922. The Morgan fingerprint density at radius 1 is 1.19 bits per heavy atom. The number of hydrogen-bond donors (Lipinski definition) is 0. The number of likely N-dealkylation sites (tertiary alicyclic amines) is 1. The minimum Gasteiger partial charge on any atom is -0.464 e. The molecule has 0 aromatic carbocycles. The van der Waals surface area contributed by atoms with Gasteiger partial charge in [0.1, 0.15) is 11.8 Å². The zero-order valence-corrected chi connectivity index (χ0v) is 12.7. The molecule has 1 saturated carbocycles. The van der Waals surface area contributed by atoms with Crippen molar-refractivity contribution >= 4 is 17.8 Å². The Morgan fingerprint density at radius 3 is 2.57 bits per heavy atom. The third kappa shape index (κ3) is 3.19. The van der Waals surface area contributed by atoms with Crippen molar-refractivity contribution in [2.24, 2.45) is 5.92 Å². The molecule has 0 radical (unpaired) electrons. The molecule has 6 heteroatoms. The van der Waals surface area contributed by atoms with Crippen molar-refractivity contribution in [1.29, 1.82) is 0 Å². The van der Waals surface area contributed by atoms with Crippen LogP contribution in [0.25, 0.3) is 0 Å². The monoisotopic (exact) mass is 297 g/mol. The summed E-state index contributed by atoms with van der Waals surface area (Å²) in [5.74, 6) is -0.545. The maximum absolute atomic E-state index is 12.2. The highest BCUT2D eigenvalue weighted by Gasteiger charge is 2.50. The summed E-state index contributed by atoms with van der Waals surface area (Å²) in [5.41, 5.74) is 0. The minimum atomic E-state index is -0.693. The van der Waals surface area contributed by atoms with E-state index in [2.05, 4.69) is 0 Å². The first-order valence-electron chi connectivity index (χ1n) is 7.74. The number of ether oxygens (including phenoxy) is 2. The first kappa shape index (κ1) is 15.8. The zero-order chi connectivity index (χ0) is 15.4. The van der Waals surface area contributed by atoms with Crippen LogP contribution in [-0.2, 0) is 19.1 Å². The average molecular weight is 297 g/mol. The first-order chi connectivity index (χ1) is 10.1. The number of rotatable bonds is 3. The Morgan fingerprint density at radius 2 is 1.90 bits per heavy atom. The molecule has 6 nitrogen and oxygen atoms in total. The van der Waals surface area contributed by atoms with Gasteiger partial charge in [0.15, 0.2) is 0 Å². The van der Waals surface area contributed by atoms with Crippen LogP contribution >= 0.6 is 0 Å². The van der Waals surface area contributed by atoms with E-state index in [9.17, 15) is 14.4 Å². The van der Waals surface area contributed by atoms with E-state index in [1.165, 1.54) is 4.90 Å². The van der Waals surface area contributed by atoms with Gasteiger partial charge in [-0.05, 0) is 33.1 Å². The number of Topliss-reactive ketones (excluding diaryl/α,β-unsaturated/α-hetero) is 1. The Balaban J connectivity index is 2.25. The summed E-state index contributed by atoms with van der Waals surface area (Å²) in [6.07, 6.45) is 2.86. The third-order valence-electron chi connectivity index (χ3n) is 4.26. The lowest BCUT2D eigenvalue weighted by Crippen LogP contribution is -2.46. The van der Waals surface area contributed by atoms with Crippen molar-refractivity contribution in [3.8, 4) is 0 Å². The molecule has 2 aliphatic rings. The Hall–Kier alpha value is -1.59. The highest BCUT2D eigenvalue weighted by atomic mass is 16.6. The number of carbonyl (C=O) groups excluding carboxylic acids is 3. The predicted molar refractivity (Wildman–Crippen MR) is 74.7 cm³/mol. The van der Waals surface area contributed by atoms with Gasteiger partial charge in [-0.2, -0.15) is 0 Å². The van der Waals surface area contributed by atoms with Gasteiger partial charge >= 0.3 is 12.1 Å². The van der Waals surface area contributed by atoms with Crippen LogP contribution in [0.15, 0.2) is 0 Å². The largest absolute Gasteiger partial charge is 0.464 e. The third-order valence-corrected chi connectivity index (χ3v) is 4.26. The molecular weight excluding hydrogens is 274 g/mol. The molecule has 0 bridgehead atoms. The smallest absolute Gasteiger partial charge is 0.410 e. The molecule has 0 unspecified atom stereocenters. The van der Waals surface area contributed by atoms with Crippen molar-refractivity contribution in [3.05, 3.63) is 0 Å². The van der Waals surface area contributed by atoms with E-state index in [-0.39, 0.29) is 31.0 Å². The van der Waals surface area contributed by atoms with Gasteiger partial charge in [-0.25, -0.2) is 9.59 Å². The van der Waals surface area contributed by atoms with E-state index < -0.39 is 18.1 Å². The van der Waals surface area contributed by atoms with Gasteiger partial charge in [-0.1, -0.05) is 6.42 Å². The highest BCUT2D eigenvalue weighted by Crippen LogP contribution is 2.37. The van der Waals surface area contributed by atoms with Crippen LogP contribution in [-0.4, -0.2) is 48.0 Å². The van der Waals surface area contributed by atoms with E-state index in [0.717, 1.165) is 19.3 Å². The topological polar surface area (TPSA) is 72.9 Å². The van der Waals surface area contributed by atoms with E-state index in [4.69, 9.17) is 9.47 Å². The molecule has 1 aliphatic carbocycles. The fraction of sp³-hybridized carbons (Fsp3) is 0.800. The zero-order valence-electron chi connectivity index (χ0n) is 12.7. The normalized spacial score (nSPS) is 28.8. The number of carbonyl (C=O) groups is 3. The summed E-state index contributed by atoms with van der Waals surface area (Å²) in [6.45, 7) is 3.96. The second-order valence-electron chi connectivity index (χ2n) is 5.50. The maximum Gasteiger partial charge on any atom is 0.410 e. The lowest BCUT2D eigenvalue weighted by Gasteiger charge is -2.28. The lowest BCUT2D eigenvalue weighted by atomic mass is 9.93. The summed E-state index contributed by atoms with van der Waals surface area (Å²) in [7, 11) is 0. The van der Waals surface area contributed by atoms with Gasteiger partial charge in [0.25, 0.3) is 0 Å². The quantitative estimate of drug-likeness (QED) is 0.744. The Kier molecular flexibility index (Phi) is 5.20. The van der Waals surface area contributed by atoms with Crippen molar-refractivity contribution in [3.63, 3.8) is 0 Å². The van der Waals surface area contributed by atoms with Gasteiger partial charge in [0, 0.05) is 18.4 Å². The number of hydrogen-bond acceptors (Lipinski definition) is 5. The van der Waals surface area contributed by atoms with E-state index in [1.54, 1.807) is 13.8 Å². The molecule has 0 N–H and O–H groups in total. The Labute approximate surface area is 124 Å². The molecule has 3 atom stereocenters. The molecule has 1 saturated heterocycles. The highest BCUT2D eigenvalue weighted by molar-refractivity contribution is 5.88. The van der Waals surface area contributed by atoms with Crippen LogP contribution in [0.4, 0.5) is 4.79 Å². The number of ketones is 1. The van der Waals surface area contributed by atoms with Crippen LogP contribution in [0.1, 0.15) is 46.0 Å². The molecule has 2 rings (SSSR count). The van der Waals surface area contributed by atoms with Gasteiger partial charge in [-0.15, -0.1) is 0 Å². The van der Waals surface area contributed by atoms with Gasteiger partial charge < -0.3 is 9.47 Å². The van der Waals surface area contributed by atoms with Gasteiger partial charge in [0.2, 0.25) is 0 Å². The number of nitrogens with zero attached hydrogens (tertiary/aromatic N) is 1. The number of amides is 1. The molecule has 1 aliphatic heterocycles. The predicted octanol–water partition coefficient (Wildman–Crippen LogP) is 1.91. The van der Waals surface area contributed by atoms with Crippen molar-refractivity contribution in [2.75, 3.05) is 13.2 Å². The molecule has 1 amide bonds. The van der Waals surface area contributed by atoms with Crippen molar-refractivity contribution in [1.82, 2.24) is 4.90 Å². The lowest BCUT2D eigenvalue weighted by molar-refractivity contribution is -0.148. The van der Waals surface area contributed by atoms with Crippen LogP contribution in [0.2, 0.25) is 0 Å². The molecule has 0 aromatic heterocycles. The fourth-order valence-electron chi connectivity index (χ4n) is 3.37. The summed E-state index contributed by atoms with van der Waals surface area (Å²) in [4.78, 5) is 38.0. The van der Waals surface area contributed by atoms with Crippen LogP contribution in [0.3, 0.4) is 0 Å². The Bertz CT molecular complexity index is 422. The maximum atomic E-state index is 12.2. The van der Waals surface area contributed by atoms with E-state index >= 15 is 0 Å².